The fourth-order valence-electron chi connectivity index (χ4n) is 1.57. The van der Waals surface area contributed by atoms with E-state index in [1.807, 2.05) is 0 Å². The van der Waals surface area contributed by atoms with E-state index in [9.17, 15) is 13.6 Å². The molecule has 5 nitrogen and oxygen atoms in total. The van der Waals surface area contributed by atoms with Crippen molar-refractivity contribution in [3.63, 3.8) is 0 Å². The van der Waals surface area contributed by atoms with Crippen molar-refractivity contribution in [2.75, 3.05) is 0 Å². The Kier molecular flexibility index (Phi) is 3.61. The number of aromatic nitrogens is 3. The Hall–Kier alpha value is -1.83. The molecule has 0 atom stereocenters. The number of benzene rings is 1. The SMILES string of the molecule is Cc1c(CC(=O)O)nnn1-c1cc(Br)c(F)cc1F. The van der Waals surface area contributed by atoms with Gasteiger partial charge < -0.3 is 5.11 Å². The first-order valence-corrected chi connectivity index (χ1v) is 5.97. The van der Waals surface area contributed by atoms with Gasteiger partial charge >= 0.3 is 5.97 Å². The van der Waals surface area contributed by atoms with Gasteiger partial charge in [-0.05, 0) is 28.9 Å². The summed E-state index contributed by atoms with van der Waals surface area (Å²) < 4.78 is 28.1. The zero-order chi connectivity index (χ0) is 14.2. The summed E-state index contributed by atoms with van der Waals surface area (Å²) in [6.07, 6.45) is -0.310. The van der Waals surface area contributed by atoms with E-state index in [2.05, 4.69) is 26.2 Å². The number of rotatable bonds is 3. The number of nitrogens with zero attached hydrogens (tertiary/aromatic N) is 3. The van der Waals surface area contributed by atoms with E-state index in [-0.39, 0.29) is 22.3 Å². The van der Waals surface area contributed by atoms with Crippen LogP contribution in [0.15, 0.2) is 16.6 Å². The van der Waals surface area contributed by atoms with E-state index in [1.165, 1.54) is 6.07 Å². The maximum atomic E-state index is 13.7. The van der Waals surface area contributed by atoms with Gasteiger partial charge in [0, 0.05) is 6.07 Å². The molecule has 2 aromatic rings. The first-order chi connectivity index (χ1) is 8.90. The van der Waals surface area contributed by atoms with Crippen LogP contribution in [0.5, 0.6) is 0 Å². The Morgan fingerprint density at radius 2 is 2.11 bits per heavy atom. The van der Waals surface area contributed by atoms with Crippen LogP contribution in [0, 0.1) is 18.6 Å². The van der Waals surface area contributed by atoms with Crippen molar-refractivity contribution in [2.45, 2.75) is 13.3 Å². The lowest BCUT2D eigenvalue weighted by Gasteiger charge is -2.06. The molecule has 19 heavy (non-hydrogen) atoms. The summed E-state index contributed by atoms with van der Waals surface area (Å²) in [4.78, 5) is 10.6. The molecule has 1 heterocycles. The summed E-state index contributed by atoms with van der Waals surface area (Å²) in [7, 11) is 0. The first-order valence-electron chi connectivity index (χ1n) is 5.18. The van der Waals surface area contributed by atoms with Gasteiger partial charge in [0.05, 0.1) is 22.3 Å². The smallest absolute Gasteiger partial charge is 0.309 e. The molecule has 8 heteroatoms. The summed E-state index contributed by atoms with van der Waals surface area (Å²) in [6.45, 7) is 1.56. The molecule has 1 aromatic heterocycles. The molecular weight excluding hydrogens is 324 g/mol. The van der Waals surface area contributed by atoms with Gasteiger partial charge in [0.2, 0.25) is 0 Å². The monoisotopic (exact) mass is 331 g/mol. The zero-order valence-electron chi connectivity index (χ0n) is 9.69. The molecule has 0 saturated heterocycles. The molecule has 0 radical (unpaired) electrons. The summed E-state index contributed by atoms with van der Waals surface area (Å²) in [5.74, 6) is -2.60. The number of carboxylic acids is 1. The van der Waals surface area contributed by atoms with Gasteiger partial charge in [-0.3, -0.25) is 4.79 Å². The third-order valence-electron chi connectivity index (χ3n) is 2.53. The van der Waals surface area contributed by atoms with Gasteiger partial charge in [0.15, 0.2) is 5.82 Å². The van der Waals surface area contributed by atoms with Crippen LogP contribution in [0.2, 0.25) is 0 Å². The van der Waals surface area contributed by atoms with Crippen molar-refractivity contribution in [2.24, 2.45) is 0 Å². The van der Waals surface area contributed by atoms with Crippen molar-refractivity contribution in [3.05, 3.63) is 39.6 Å². The molecule has 0 fully saturated rings. The first kappa shape index (κ1) is 13.6. The largest absolute Gasteiger partial charge is 0.481 e. The maximum Gasteiger partial charge on any atom is 0.309 e. The van der Waals surface area contributed by atoms with Crippen LogP contribution < -0.4 is 0 Å². The van der Waals surface area contributed by atoms with E-state index in [0.717, 1.165) is 10.7 Å². The van der Waals surface area contributed by atoms with Crippen LogP contribution in [0.3, 0.4) is 0 Å². The van der Waals surface area contributed by atoms with E-state index in [1.54, 1.807) is 6.92 Å². The Balaban J connectivity index is 2.51. The Bertz CT molecular complexity index is 658. The van der Waals surface area contributed by atoms with Crippen molar-refractivity contribution >= 4 is 21.9 Å². The maximum absolute atomic E-state index is 13.7. The molecule has 0 spiro atoms. The van der Waals surface area contributed by atoms with Crippen LogP contribution in [-0.4, -0.2) is 26.1 Å². The van der Waals surface area contributed by atoms with E-state index in [0.29, 0.717) is 5.69 Å². The molecule has 0 aliphatic rings. The number of hydrogen-bond acceptors (Lipinski definition) is 3. The molecule has 0 aliphatic heterocycles. The Morgan fingerprint density at radius 1 is 1.42 bits per heavy atom. The quantitative estimate of drug-likeness (QED) is 0.876. The topological polar surface area (TPSA) is 68.0 Å². The number of hydrogen-bond donors (Lipinski definition) is 1. The van der Waals surface area contributed by atoms with Gasteiger partial charge in [-0.2, -0.15) is 0 Å². The molecule has 2 rings (SSSR count). The summed E-state index contributed by atoms with van der Waals surface area (Å²) in [5.41, 5.74) is 0.613. The minimum Gasteiger partial charge on any atom is -0.481 e. The third-order valence-corrected chi connectivity index (χ3v) is 3.13. The van der Waals surface area contributed by atoms with Crippen LogP contribution >= 0.6 is 15.9 Å². The highest BCUT2D eigenvalue weighted by Crippen LogP contribution is 2.23. The number of halogens is 3. The molecule has 0 unspecified atom stereocenters. The Labute approximate surface area is 115 Å². The molecule has 1 N–H and O–H groups in total. The second kappa shape index (κ2) is 5.04. The molecule has 0 saturated carbocycles. The number of aliphatic carboxylic acids is 1. The number of carboxylic acid groups (broad SMARTS) is 1. The van der Waals surface area contributed by atoms with Crippen molar-refractivity contribution < 1.29 is 18.7 Å². The predicted octanol–water partition coefficient (Wildman–Crippen LogP) is 2.24. The highest BCUT2D eigenvalue weighted by Gasteiger charge is 2.17. The molecular formula is C11H8BrF2N3O2. The van der Waals surface area contributed by atoms with Crippen molar-refractivity contribution in [3.8, 4) is 5.69 Å². The summed E-state index contributed by atoms with van der Waals surface area (Å²) >= 11 is 2.95. The van der Waals surface area contributed by atoms with Gasteiger partial charge in [-0.15, -0.1) is 5.10 Å². The molecule has 0 bridgehead atoms. The van der Waals surface area contributed by atoms with Crippen molar-refractivity contribution in [1.29, 1.82) is 0 Å². The molecule has 1 aromatic carbocycles. The average molecular weight is 332 g/mol. The standard InChI is InChI=1S/C11H8BrF2N3O2/c1-5-9(4-11(18)19)15-16-17(5)10-2-6(12)7(13)3-8(10)14/h2-3H,4H2,1H3,(H,18,19). The lowest BCUT2D eigenvalue weighted by molar-refractivity contribution is -0.136. The summed E-state index contributed by atoms with van der Waals surface area (Å²) in [6, 6.07) is 1.94. The van der Waals surface area contributed by atoms with Crippen LogP contribution in [0.4, 0.5) is 8.78 Å². The second-order valence-corrected chi connectivity index (χ2v) is 4.68. The summed E-state index contributed by atoms with van der Waals surface area (Å²) in [5, 5.41) is 16.1. The molecule has 100 valence electrons. The lowest BCUT2D eigenvalue weighted by Crippen LogP contribution is -2.05. The van der Waals surface area contributed by atoms with Gasteiger partial charge in [0.1, 0.15) is 11.5 Å². The van der Waals surface area contributed by atoms with Crippen LogP contribution in [0.1, 0.15) is 11.4 Å². The van der Waals surface area contributed by atoms with Gasteiger partial charge in [-0.25, -0.2) is 13.5 Å². The van der Waals surface area contributed by atoms with Crippen LogP contribution in [-0.2, 0) is 11.2 Å². The van der Waals surface area contributed by atoms with Gasteiger partial charge in [-0.1, -0.05) is 5.21 Å². The van der Waals surface area contributed by atoms with E-state index < -0.39 is 17.6 Å². The fourth-order valence-corrected chi connectivity index (χ4v) is 1.90. The van der Waals surface area contributed by atoms with E-state index in [4.69, 9.17) is 5.11 Å². The minimum atomic E-state index is -1.06. The van der Waals surface area contributed by atoms with Crippen molar-refractivity contribution in [1.82, 2.24) is 15.0 Å². The van der Waals surface area contributed by atoms with E-state index >= 15 is 0 Å². The Morgan fingerprint density at radius 3 is 2.74 bits per heavy atom. The third kappa shape index (κ3) is 2.62. The normalized spacial score (nSPS) is 10.7. The zero-order valence-corrected chi connectivity index (χ0v) is 11.3. The second-order valence-electron chi connectivity index (χ2n) is 3.82. The minimum absolute atomic E-state index is 0.00471. The average Bonchev–Trinajstić information content (AvgIpc) is 2.65. The predicted molar refractivity (Wildman–Crippen MR) is 65.1 cm³/mol. The lowest BCUT2D eigenvalue weighted by atomic mass is 10.2. The fraction of sp³-hybridized carbons (Fsp3) is 0.182. The highest BCUT2D eigenvalue weighted by atomic mass is 79.9. The molecule has 0 aliphatic carbocycles. The van der Waals surface area contributed by atoms with Crippen LogP contribution in [0.25, 0.3) is 5.69 Å². The molecule has 0 amide bonds. The highest BCUT2D eigenvalue weighted by molar-refractivity contribution is 9.10. The van der Waals surface area contributed by atoms with Gasteiger partial charge in [0.25, 0.3) is 0 Å². The number of carbonyl (C=O) groups is 1.